The van der Waals surface area contributed by atoms with Crippen molar-refractivity contribution in [3.8, 4) is 11.8 Å². The maximum Gasteiger partial charge on any atom is 0.417 e. The number of rotatable bonds is 1. The SMILES string of the molecule is CC(=O)NCC#Cc1ccc(N)cc1C(F)(F)F. The molecular formula is C12H11F3N2O. The summed E-state index contributed by atoms with van der Waals surface area (Å²) in [6.07, 6.45) is -4.51. The standard InChI is InChI=1S/C12H11F3N2O/c1-8(18)17-6-2-3-9-4-5-10(16)7-11(9)12(13,14)15/h4-5,7H,6,16H2,1H3,(H,17,18). The summed E-state index contributed by atoms with van der Waals surface area (Å²) in [7, 11) is 0. The molecule has 18 heavy (non-hydrogen) atoms. The lowest BCUT2D eigenvalue weighted by atomic mass is 10.1. The second-order valence-electron chi connectivity index (χ2n) is 3.51. The normalized spacial score (nSPS) is 10.4. The number of hydrogen-bond acceptors (Lipinski definition) is 2. The third-order valence-electron chi connectivity index (χ3n) is 2.00. The maximum absolute atomic E-state index is 12.7. The van der Waals surface area contributed by atoms with E-state index in [2.05, 4.69) is 17.2 Å². The van der Waals surface area contributed by atoms with Gasteiger partial charge < -0.3 is 11.1 Å². The molecule has 1 aromatic carbocycles. The Hall–Kier alpha value is -2.16. The van der Waals surface area contributed by atoms with Crippen LogP contribution in [-0.2, 0) is 11.0 Å². The number of carbonyl (C=O) groups is 1. The third kappa shape index (κ3) is 4.01. The Kier molecular flexibility index (Phi) is 4.21. The average molecular weight is 256 g/mol. The molecule has 0 heterocycles. The largest absolute Gasteiger partial charge is 0.417 e. The summed E-state index contributed by atoms with van der Waals surface area (Å²) in [6, 6.07) is 3.39. The molecule has 3 N–H and O–H groups in total. The first-order valence-electron chi connectivity index (χ1n) is 5.00. The summed E-state index contributed by atoms with van der Waals surface area (Å²) in [5.41, 5.74) is 4.29. The zero-order chi connectivity index (χ0) is 13.8. The predicted molar refractivity (Wildman–Crippen MR) is 61.4 cm³/mol. The molecular weight excluding hydrogens is 245 g/mol. The zero-order valence-corrected chi connectivity index (χ0v) is 9.56. The fourth-order valence-electron chi connectivity index (χ4n) is 1.21. The van der Waals surface area contributed by atoms with Crippen molar-refractivity contribution in [1.82, 2.24) is 5.32 Å². The van der Waals surface area contributed by atoms with Gasteiger partial charge in [-0.2, -0.15) is 13.2 Å². The minimum atomic E-state index is -4.51. The van der Waals surface area contributed by atoms with Gasteiger partial charge in [0.1, 0.15) is 0 Å². The molecule has 6 heteroatoms. The quantitative estimate of drug-likeness (QED) is 0.594. The van der Waals surface area contributed by atoms with Crippen LogP contribution in [0, 0.1) is 11.8 Å². The molecule has 0 aliphatic heterocycles. The molecule has 96 valence electrons. The van der Waals surface area contributed by atoms with Crippen molar-refractivity contribution in [2.24, 2.45) is 0 Å². The minimum Gasteiger partial charge on any atom is -0.399 e. The molecule has 0 atom stereocenters. The summed E-state index contributed by atoms with van der Waals surface area (Å²) in [6.45, 7) is 1.29. The van der Waals surface area contributed by atoms with Gasteiger partial charge >= 0.3 is 6.18 Å². The van der Waals surface area contributed by atoms with E-state index in [1.165, 1.54) is 19.1 Å². The molecule has 0 saturated heterocycles. The number of nitrogen functional groups attached to an aromatic ring is 1. The molecule has 0 bridgehead atoms. The number of nitrogens with one attached hydrogen (secondary N) is 1. The average Bonchev–Trinajstić information content (AvgIpc) is 2.24. The Morgan fingerprint density at radius 2 is 2.11 bits per heavy atom. The highest BCUT2D eigenvalue weighted by Gasteiger charge is 2.33. The Morgan fingerprint density at radius 3 is 2.67 bits per heavy atom. The summed E-state index contributed by atoms with van der Waals surface area (Å²) in [4.78, 5) is 10.6. The molecule has 0 aliphatic carbocycles. The lowest BCUT2D eigenvalue weighted by Gasteiger charge is -2.09. The number of benzene rings is 1. The van der Waals surface area contributed by atoms with E-state index in [1.54, 1.807) is 0 Å². The molecule has 0 unspecified atom stereocenters. The second kappa shape index (κ2) is 5.45. The lowest BCUT2D eigenvalue weighted by Crippen LogP contribution is -2.19. The number of amides is 1. The van der Waals surface area contributed by atoms with Crippen LogP contribution in [0.5, 0.6) is 0 Å². The highest BCUT2D eigenvalue weighted by molar-refractivity contribution is 5.73. The molecule has 0 saturated carbocycles. The molecule has 1 aromatic rings. The second-order valence-corrected chi connectivity index (χ2v) is 3.51. The fourth-order valence-corrected chi connectivity index (χ4v) is 1.21. The number of nitrogens with two attached hydrogens (primary N) is 1. The van der Waals surface area contributed by atoms with Gasteiger partial charge in [0, 0.05) is 18.2 Å². The Labute approximate surface area is 102 Å². The number of hydrogen-bond donors (Lipinski definition) is 2. The lowest BCUT2D eigenvalue weighted by molar-refractivity contribution is -0.137. The number of anilines is 1. The zero-order valence-electron chi connectivity index (χ0n) is 9.56. The first-order valence-corrected chi connectivity index (χ1v) is 5.00. The first kappa shape index (κ1) is 13.9. The molecule has 0 fully saturated rings. The summed E-state index contributed by atoms with van der Waals surface area (Å²) < 4.78 is 38.0. The highest BCUT2D eigenvalue weighted by Crippen LogP contribution is 2.32. The monoisotopic (exact) mass is 256 g/mol. The van der Waals surface area contributed by atoms with Crippen molar-refractivity contribution in [3.05, 3.63) is 29.3 Å². The van der Waals surface area contributed by atoms with E-state index >= 15 is 0 Å². The molecule has 0 aromatic heterocycles. The Balaban J connectivity index is 2.98. The van der Waals surface area contributed by atoms with Gasteiger partial charge in [-0.3, -0.25) is 4.79 Å². The van der Waals surface area contributed by atoms with Crippen LogP contribution in [0.1, 0.15) is 18.1 Å². The van der Waals surface area contributed by atoms with Crippen LogP contribution in [0.4, 0.5) is 18.9 Å². The van der Waals surface area contributed by atoms with Crippen LogP contribution in [0.15, 0.2) is 18.2 Å². The van der Waals surface area contributed by atoms with Crippen LogP contribution in [0.2, 0.25) is 0 Å². The highest BCUT2D eigenvalue weighted by atomic mass is 19.4. The predicted octanol–water partition coefficient (Wildman–Crippen LogP) is 1.78. The van der Waals surface area contributed by atoms with Crippen molar-refractivity contribution in [2.75, 3.05) is 12.3 Å². The van der Waals surface area contributed by atoms with Crippen molar-refractivity contribution in [1.29, 1.82) is 0 Å². The molecule has 0 spiro atoms. The van der Waals surface area contributed by atoms with Crippen LogP contribution < -0.4 is 11.1 Å². The van der Waals surface area contributed by atoms with Crippen molar-refractivity contribution in [2.45, 2.75) is 13.1 Å². The van der Waals surface area contributed by atoms with E-state index in [0.29, 0.717) is 0 Å². The summed E-state index contributed by atoms with van der Waals surface area (Å²) >= 11 is 0. The van der Waals surface area contributed by atoms with Gasteiger partial charge in [0.25, 0.3) is 0 Å². The molecule has 3 nitrogen and oxygen atoms in total. The minimum absolute atomic E-state index is 0.00297. The van der Waals surface area contributed by atoms with E-state index in [9.17, 15) is 18.0 Å². The summed E-state index contributed by atoms with van der Waals surface area (Å²) in [5, 5.41) is 2.37. The van der Waals surface area contributed by atoms with E-state index in [1.807, 2.05) is 0 Å². The van der Waals surface area contributed by atoms with Crippen molar-refractivity contribution in [3.63, 3.8) is 0 Å². The van der Waals surface area contributed by atoms with Gasteiger partial charge in [-0.25, -0.2) is 0 Å². The van der Waals surface area contributed by atoms with Gasteiger partial charge in [-0.1, -0.05) is 11.8 Å². The van der Waals surface area contributed by atoms with Crippen LogP contribution in [0.3, 0.4) is 0 Å². The fraction of sp³-hybridized carbons (Fsp3) is 0.250. The third-order valence-corrected chi connectivity index (χ3v) is 2.00. The van der Waals surface area contributed by atoms with E-state index in [-0.39, 0.29) is 23.7 Å². The number of halogens is 3. The van der Waals surface area contributed by atoms with Gasteiger partial charge in [0.05, 0.1) is 12.1 Å². The van der Waals surface area contributed by atoms with E-state index in [0.717, 1.165) is 6.07 Å². The van der Waals surface area contributed by atoms with E-state index < -0.39 is 11.7 Å². The molecule has 0 radical (unpaired) electrons. The van der Waals surface area contributed by atoms with Crippen molar-refractivity contribution < 1.29 is 18.0 Å². The van der Waals surface area contributed by atoms with Gasteiger partial charge in [-0.15, -0.1) is 0 Å². The topological polar surface area (TPSA) is 55.1 Å². The van der Waals surface area contributed by atoms with Gasteiger partial charge in [-0.05, 0) is 18.2 Å². The van der Waals surface area contributed by atoms with Crippen LogP contribution in [0.25, 0.3) is 0 Å². The van der Waals surface area contributed by atoms with Crippen molar-refractivity contribution >= 4 is 11.6 Å². The number of alkyl halides is 3. The molecule has 1 rings (SSSR count). The first-order chi connectivity index (χ1) is 8.30. The Morgan fingerprint density at radius 1 is 1.44 bits per heavy atom. The van der Waals surface area contributed by atoms with Crippen LogP contribution in [-0.4, -0.2) is 12.5 Å². The number of carbonyl (C=O) groups excluding carboxylic acids is 1. The molecule has 1 amide bonds. The molecule has 0 aliphatic rings. The maximum atomic E-state index is 12.7. The Bertz CT molecular complexity index is 512. The van der Waals surface area contributed by atoms with Gasteiger partial charge in [0.2, 0.25) is 5.91 Å². The van der Waals surface area contributed by atoms with E-state index in [4.69, 9.17) is 5.73 Å². The van der Waals surface area contributed by atoms with Gasteiger partial charge in [0.15, 0.2) is 0 Å². The smallest absolute Gasteiger partial charge is 0.399 e. The van der Waals surface area contributed by atoms with Crippen LogP contribution >= 0.6 is 0 Å². The summed E-state index contributed by atoms with van der Waals surface area (Å²) in [5.74, 6) is 4.51.